The van der Waals surface area contributed by atoms with Crippen LogP contribution in [0.5, 0.6) is 0 Å². The van der Waals surface area contributed by atoms with Crippen molar-refractivity contribution in [1.82, 2.24) is 24.5 Å². The summed E-state index contributed by atoms with van der Waals surface area (Å²) in [6, 6.07) is 0. The minimum Gasteiger partial charge on any atom is -0.334 e. The van der Waals surface area contributed by atoms with E-state index in [1.54, 1.807) is 11.7 Å². The first-order valence-electron chi connectivity index (χ1n) is 6.91. The monoisotopic (exact) mass is 384 g/mol. The van der Waals surface area contributed by atoms with E-state index in [4.69, 9.17) is 0 Å². The summed E-state index contributed by atoms with van der Waals surface area (Å²) < 4.78 is 3.77. The Morgan fingerprint density at radius 1 is 1.48 bits per heavy atom. The number of nitrogens with zero attached hydrogens (tertiary/aromatic N) is 6. The number of halogens is 1. The van der Waals surface area contributed by atoms with Crippen molar-refractivity contribution in [2.45, 2.75) is 26.9 Å². The Morgan fingerprint density at radius 3 is 2.65 bits per heavy atom. The molecule has 2 rings (SSSR count). The average molecular weight is 385 g/mol. The van der Waals surface area contributed by atoms with Gasteiger partial charge in [0, 0.05) is 26.8 Å². The van der Waals surface area contributed by atoms with Crippen LogP contribution >= 0.6 is 15.9 Å². The highest BCUT2D eigenvalue weighted by Gasteiger charge is 2.31. The third-order valence-electron chi connectivity index (χ3n) is 3.42. The molecule has 10 heteroatoms. The third kappa shape index (κ3) is 3.26. The second-order valence-corrected chi connectivity index (χ2v) is 5.96. The SMILES string of the molecule is CCn1cc(Br)c(CN(C)C(=O)c2c([N+](=O)[O-])c(C)nn2C)n1. The lowest BCUT2D eigenvalue weighted by Crippen LogP contribution is -2.29. The molecule has 0 fully saturated rings. The zero-order chi connectivity index (χ0) is 17.3. The molecule has 23 heavy (non-hydrogen) atoms. The topological polar surface area (TPSA) is 99.1 Å². The lowest BCUT2D eigenvalue weighted by Gasteiger charge is -2.15. The van der Waals surface area contributed by atoms with Gasteiger partial charge in [0.05, 0.1) is 21.6 Å². The lowest BCUT2D eigenvalue weighted by atomic mass is 10.2. The largest absolute Gasteiger partial charge is 0.334 e. The molecule has 0 atom stereocenters. The maximum atomic E-state index is 12.6. The van der Waals surface area contributed by atoms with E-state index in [0.717, 1.165) is 4.47 Å². The highest BCUT2D eigenvalue weighted by Crippen LogP contribution is 2.24. The van der Waals surface area contributed by atoms with Gasteiger partial charge in [-0.1, -0.05) is 0 Å². The standard InChI is InChI=1S/C13H17BrN6O3/c1-5-19-6-9(14)10(16-19)7-17(3)13(21)12-11(20(22)23)8(2)15-18(12)4/h6H,5,7H2,1-4H3. The van der Waals surface area contributed by atoms with Gasteiger partial charge in [-0.05, 0) is 29.8 Å². The molecule has 0 saturated heterocycles. The number of carbonyl (C=O) groups excluding carboxylic acids is 1. The summed E-state index contributed by atoms with van der Waals surface area (Å²) in [6.07, 6.45) is 1.82. The lowest BCUT2D eigenvalue weighted by molar-refractivity contribution is -0.385. The third-order valence-corrected chi connectivity index (χ3v) is 4.08. The molecule has 0 radical (unpaired) electrons. The van der Waals surface area contributed by atoms with Gasteiger partial charge in [-0.25, -0.2) is 0 Å². The van der Waals surface area contributed by atoms with Gasteiger partial charge >= 0.3 is 5.69 Å². The van der Waals surface area contributed by atoms with Crippen molar-refractivity contribution in [3.63, 3.8) is 0 Å². The van der Waals surface area contributed by atoms with E-state index in [9.17, 15) is 14.9 Å². The highest BCUT2D eigenvalue weighted by molar-refractivity contribution is 9.10. The second-order valence-electron chi connectivity index (χ2n) is 5.10. The summed E-state index contributed by atoms with van der Waals surface area (Å²) >= 11 is 3.40. The quantitative estimate of drug-likeness (QED) is 0.578. The molecule has 0 unspecified atom stereocenters. The molecule has 2 aromatic heterocycles. The number of aromatic nitrogens is 4. The van der Waals surface area contributed by atoms with Crippen molar-refractivity contribution in [3.8, 4) is 0 Å². The number of carbonyl (C=O) groups is 1. The van der Waals surface area contributed by atoms with E-state index in [1.807, 2.05) is 13.1 Å². The first-order valence-corrected chi connectivity index (χ1v) is 7.70. The molecule has 0 bridgehead atoms. The van der Waals surface area contributed by atoms with Crippen LogP contribution in [0.15, 0.2) is 10.7 Å². The van der Waals surface area contributed by atoms with Gasteiger partial charge in [0.2, 0.25) is 5.69 Å². The molecule has 1 amide bonds. The van der Waals surface area contributed by atoms with Gasteiger partial charge in [-0.15, -0.1) is 0 Å². The molecule has 0 aliphatic carbocycles. The van der Waals surface area contributed by atoms with Crippen molar-refractivity contribution >= 4 is 27.5 Å². The molecular formula is C13H17BrN6O3. The van der Waals surface area contributed by atoms with Crippen LogP contribution in [-0.4, -0.2) is 42.3 Å². The number of amides is 1. The predicted molar refractivity (Wildman–Crippen MR) is 86.0 cm³/mol. The number of nitro groups is 1. The van der Waals surface area contributed by atoms with E-state index in [2.05, 4.69) is 26.1 Å². The van der Waals surface area contributed by atoms with Gasteiger partial charge in [-0.2, -0.15) is 10.2 Å². The predicted octanol–water partition coefficient (Wildman–Crippen LogP) is 1.89. The summed E-state index contributed by atoms with van der Waals surface area (Å²) in [5.41, 5.74) is 0.596. The fourth-order valence-electron chi connectivity index (χ4n) is 2.29. The molecule has 0 N–H and O–H groups in total. The Hall–Kier alpha value is -2.23. The van der Waals surface area contributed by atoms with Gasteiger partial charge in [0.15, 0.2) is 0 Å². The summed E-state index contributed by atoms with van der Waals surface area (Å²) in [5, 5.41) is 19.5. The van der Waals surface area contributed by atoms with E-state index in [1.165, 1.54) is 23.6 Å². The summed E-state index contributed by atoms with van der Waals surface area (Å²) in [6.45, 7) is 4.41. The first-order chi connectivity index (χ1) is 10.8. The first kappa shape index (κ1) is 17.1. The molecule has 0 aromatic carbocycles. The van der Waals surface area contributed by atoms with Crippen molar-refractivity contribution < 1.29 is 9.72 Å². The van der Waals surface area contributed by atoms with Gasteiger partial charge in [0.25, 0.3) is 5.91 Å². The van der Waals surface area contributed by atoms with E-state index >= 15 is 0 Å². The zero-order valence-electron chi connectivity index (χ0n) is 13.3. The molecule has 2 heterocycles. The van der Waals surface area contributed by atoms with Crippen LogP contribution in [0.1, 0.15) is 28.8 Å². The number of aryl methyl sites for hydroxylation is 3. The molecule has 0 spiro atoms. The second kappa shape index (κ2) is 6.49. The molecule has 0 aliphatic rings. The van der Waals surface area contributed by atoms with Crippen LogP contribution in [-0.2, 0) is 20.1 Å². The highest BCUT2D eigenvalue weighted by atomic mass is 79.9. The zero-order valence-corrected chi connectivity index (χ0v) is 14.9. The van der Waals surface area contributed by atoms with Crippen LogP contribution in [0, 0.1) is 17.0 Å². The van der Waals surface area contributed by atoms with E-state index in [0.29, 0.717) is 12.2 Å². The van der Waals surface area contributed by atoms with Crippen molar-refractivity contribution in [1.29, 1.82) is 0 Å². The summed E-state index contributed by atoms with van der Waals surface area (Å²) in [5.74, 6) is -0.474. The van der Waals surface area contributed by atoms with Crippen molar-refractivity contribution in [2.75, 3.05) is 7.05 Å². The van der Waals surface area contributed by atoms with E-state index in [-0.39, 0.29) is 23.6 Å². The van der Waals surface area contributed by atoms with Crippen LogP contribution < -0.4 is 0 Å². The Morgan fingerprint density at radius 2 is 2.13 bits per heavy atom. The number of hydrogen-bond acceptors (Lipinski definition) is 5. The Bertz CT molecular complexity index is 766. The Balaban J connectivity index is 2.30. The number of hydrogen-bond donors (Lipinski definition) is 0. The molecular weight excluding hydrogens is 368 g/mol. The maximum absolute atomic E-state index is 12.6. The van der Waals surface area contributed by atoms with Gasteiger partial charge in [0.1, 0.15) is 5.69 Å². The van der Waals surface area contributed by atoms with Crippen molar-refractivity contribution in [2.24, 2.45) is 7.05 Å². The number of rotatable bonds is 5. The Kier molecular flexibility index (Phi) is 4.83. The molecule has 9 nitrogen and oxygen atoms in total. The Labute approximate surface area is 141 Å². The fourth-order valence-corrected chi connectivity index (χ4v) is 2.73. The minimum absolute atomic E-state index is 0.0407. The van der Waals surface area contributed by atoms with Crippen molar-refractivity contribution in [3.05, 3.63) is 37.9 Å². The van der Waals surface area contributed by atoms with Crippen LogP contribution in [0.25, 0.3) is 0 Å². The minimum atomic E-state index is -0.578. The fraction of sp³-hybridized carbons (Fsp3) is 0.462. The molecule has 124 valence electrons. The summed E-state index contributed by atoms with van der Waals surface area (Å²) in [7, 11) is 3.09. The molecule has 0 saturated carbocycles. The smallest absolute Gasteiger partial charge is 0.322 e. The maximum Gasteiger partial charge on any atom is 0.322 e. The van der Waals surface area contributed by atoms with Gasteiger partial charge in [-0.3, -0.25) is 24.3 Å². The van der Waals surface area contributed by atoms with Gasteiger partial charge < -0.3 is 4.90 Å². The van der Waals surface area contributed by atoms with Crippen LogP contribution in [0.2, 0.25) is 0 Å². The molecule has 0 aliphatic heterocycles. The normalized spacial score (nSPS) is 10.8. The summed E-state index contributed by atoms with van der Waals surface area (Å²) in [4.78, 5) is 24.6. The molecule has 2 aromatic rings. The van der Waals surface area contributed by atoms with Crippen LogP contribution in [0.3, 0.4) is 0 Å². The van der Waals surface area contributed by atoms with E-state index < -0.39 is 10.8 Å². The van der Waals surface area contributed by atoms with Crippen LogP contribution in [0.4, 0.5) is 5.69 Å². The average Bonchev–Trinajstić information content (AvgIpc) is 2.97.